The Kier molecular flexibility index (Phi) is 9.37. The van der Waals surface area contributed by atoms with E-state index in [-0.39, 0.29) is 70.5 Å². The molecule has 0 amide bonds. The summed E-state index contributed by atoms with van der Waals surface area (Å²) in [5.41, 5.74) is 3.05. The van der Waals surface area contributed by atoms with Crippen LogP contribution in [0.5, 0.6) is 17.2 Å². The summed E-state index contributed by atoms with van der Waals surface area (Å²) in [6.07, 6.45) is 3.22. The molecular formula is C41H40N4O9. The Morgan fingerprint density at radius 2 is 1.81 bits per heavy atom. The van der Waals surface area contributed by atoms with Crippen molar-refractivity contribution in [3.63, 3.8) is 0 Å². The molecule has 0 radical (unpaired) electrons. The van der Waals surface area contributed by atoms with Crippen molar-refractivity contribution in [2.45, 2.75) is 70.7 Å². The maximum Gasteiger partial charge on any atom is 0.345 e. The summed E-state index contributed by atoms with van der Waals surface area (Å²) >= 11 is 0. The molecule has 278 valence electrons. The molecule has 1 N–H and O–H groups in total. The number of ketones is 2. The predicted octanol–water partition coefficient (Wildman–Crippen LogP) is 4.60. The van der Waals surface area contributed by atoms with Crippen LogP contribution in [0.3, 0.4) is 0 Å². The quantitative estimate of drug-likeness (QED) is 0.155. The van der Waals surface area contributed by atoms with E-state index in [0.717, 1.165) is 5.39 Å². The summed E-state index contributed by atoms with van der Waals surface area (Å²) in [7, 11) is 4.55. The zero-order chi connectivity index (χ0) is 38.7. The Morgan fingerprint density at radius 3 is 2.50 bits per heavy atom. The van der Waals surface area contributed by atoms with Gasteiger partial charge in [0.25, 0.3) is 0 Å². The van der Waals surface area contributed by atoms with E-state index in [1.807, 2.05) is 41.1 Å². The zero-order valence-corrected chi connectivity index (χ0v) is 31.1. The number of phenolic OH excluding ortho intramolecular Hbond substituents is 1. The number of methoxy groups -OCH3 is 2. The molecular weight excluding hydrogens is 692 g/mol. The number of pyridine rings is 1. The Hall–Kier alpha value is -5.84. The van der Waals surface area contributed by atoms with E-state index in [2.05, 4.69) is 11.1 Å². The first-order valence-electron chi connectivity index (χ1n) is 17.6. The fourth-order valence-electron chi connectivity index (χ4n) is 8.66. The number of nitrogens with zero attached hydrogens (tertiary/aromatic N) is 4. The van der Waals surface area contributed by atoms with Crippen molar-refractivity contribution < 1.29 is 43.2 Å². The molecule has 4 aliphatic rings. The summed E-state index contributed by atoms with van der Waals surface area (Å²) in [5.74, 6) is -2.19. The van der Waals surface area contributed by atoms with Crippen molar-refractivity contribution in [2.24, 2.45) is 0 Å². The third kappa shape index (κ3) is 5.47. The van der Waals surface area contributed by atoms with E-state index in [9.17, 15) is 29.5 Å². The topological polar surface area (TPSA) is 169 Å². The number of esters is 2. The van der Waals surface area contributed by atoms with Gasteiger partial charge in [-0.1, -0.05) is 24.3 Å². The van der Waals surface area contributed by atoms with Gasteiger partial charge >= 0.3 is 11.9 Å². The number of benzene rings is 2. The maximum absolute atomic E-state index is 14.2. The highest BCUT2D eigenvalue weighted by atomic mass is 16.5. The van der Waals surface area contributed by atoms with Gasteiger partial charge in [-0.15, -0.1) is 0 Å². The molecule has 1 saturated heterocycles. The number of piperazine rings is 1. The van der Waals surface area contributed by atoms with E-state index >= 15 is 0 Å². The molecule has 1 aromatic heterocycles. The van der Waals surface area contributed by atoms with Gasteiger partial charge in [0, 0.05) is 62.6 Å². The average molecular weight is 733 g/mol. The molecule has 13 nitrogen and oxygen atoms in total. The molecule has 0 spiro atoms. The van der Waals surface area contributed by atoms with Crippen LogP contribution in [-0.4, -0.2) is 95.4 Å². The molecule has 0 unspecified atom stereocenters. The second kappa shape index (κ2) is 13.9. The number of phenols is 1. The number of allylic oxidation sites excluding steroid dienone is 3. The monoisotopic (exact) mass is 732 g/mol. The molecule has 54 heavy (non-hydrogen) atoms. The van der Waals surface area contributed by atoms with E-state index in [1.165, 1.54) is 20.4 Å². The molecule has 2 bridgehead atoms. The van der Waals surface area contributed by atoms with Crippen LogP contribution in [0.2, 0.25) is 0 Å². The Labute approximate surface area is 312 Å². The van der Waals surface area contributed by atoms with E-state index in [1.54, 1.807) is 39.8 Å². The number of aromatic nitrogens is 1. The Morgan fingerprint density at radius 1 is 1.07 bits per heavy atom. The minimum absolute atomic E-state index is 0.0406. The zero-order valence-electron chi connectivity index (χ0n) is 31.1. The molecule has 0 saturated carbocycles. The van der Waals surface area contributed by atoms with Gasteiger partial charge in [-0.05, 0) is 59.7 Å². The summed E-state index contributed by atoms with van der Waals surface area (Å²) in [5, 5.41) is 23.6. The number of carbonyl (C=O) groups is 4. The van der Waals surface area contributed by atoms with Gasteiger partial charge in [0.2, 0.25) is 5.78 Å². The molecule has 13 heteroatoms. The number of fused-ring (bicyclic) bond motifs is 7. The van der Waals surface area contributed by atoms with Gasteiger partial charge in [-0.2, -0.15) is 5.26 Å². The molecule has 1 aliphatic carbocycles. The van der Waals surface area contributed by atoms with Crippen molar-refractivity contribution in [1.82, 2.24) is 14.8 Å². The lowest BCUT2D eigenvalue weighted by molar-refractivity contribution is -0.144. The predicted molar refractivity (Wildman–Crippen MR) is 195 cm³/mol. The first-order valence-corrected chi connectivity index (χ1v) is 17.6. The third-order valence-corrected chi connectivity index (χ3v) is 11.4. The number of Topliss-reactive ketones (excluding diaryl/α,β-unsaturated/α-hetero) is 2. The molecule has 1 fully saturated rings. The summed E-state index contributed by atoms with van der Waals surface area (Å²) < 4.78 is 23.2. The van der Waals surface area contributed by atoms with Crippen LogP contribution >= 0.6 is 0 Å². The van der Waals surface area contributed by atoms with Crippen LogP contribution in [0.25, 0.3) is 10.9 Å². The highest BCUT2D eigenvalue weighted by Crippen LogP contribution is 2.55. The fourth-order valence-corrected chi connectivity index (χ4v) is 8.66. The first-order chi connectivity index (χ1) is 25.9. The summed E-state index contributed by atoms with van der Waals surface area (Å²) in [6, 6.07) is 7.61. The van der Waals surface area contributed by atoms with Crippen LogP contribution in [0, 0.1) is 18.3 Å². The number of ether oxygens (including phenoxy) is 4. The SMILES string of the molecule is C/C=C(/C)C(=O)OC[C@H]1c2c(O)c(OC)c(C)c(OC(=O)c3cnc4ccccc4c3)c2C[C@H]2[C@H]3C4=C(C[C@H]([C@H](C#N)N12)N3C)C(=O)C(C)=C(OC)C4=O. The van der Waals surface area contributed by atoms with Crippen molar-refractivity contribution >= 4 is 34.4 Å². The number of hydrogen-bond donors (Lipinski definition) is 1. The second-order valence-corrected chi connectivity index (χ2v) is 14.0. The maximum atomic E-state index is 14.2. The number of aromatic hydroxyl groups is 1. The molecule has 7 rings (SSSR count). The number of nitriles is 1. The van der Waals surface area contributed by atoms with Crippen molar-refractivity contribution in [1.29, 1.82) is 5.26 Å². The van der Waals surface area contributed by atoms with Gasteiger partial charge in [0.15, 0.2) is 23.0 Å². The summed E-state index contributed by atoms with van der Waals surface area (Å²) in [4.78, 5) is 63.4. The van der Waals surface area contributed by atoms with Crippen LogP contribution in [0.4, 0.5) is 0 Å². The highest BCUT2D eigenvalue weighted by molar-refractivity contribution is 6.25. The third-order valence-electron chi connectivity index (χ3n) is 11.4. The smallest absolute Gasteiger partial charge is 0.345 e. The van der Waals surface area contributed by atoms with E-state index < -0.39 is 47.9 Å². The van der Waals surface area contributed by atoms with E-state index in [0.29, 0.717) is 27.8 Å². The van der Waals surface area contributed by atoms with E-state index in [4.69, 9.17) is 18.9 Å². The van der Waals surface area contributed by atoms with Crippen LogP contribution < -0.4 is 9.47 Å². The van der Waals surface area contributed by atoms with Gasteiger partial charge in [-0.25, -0.2) is 9.59 Å². The van der Waals surface area contributed by atoms with Crippen LogP contribution in [0.1, 0.15) is 60.3 Å². The van der Waals surface area contributed by atoms with Crippen molar-refractivity contribution in [2.75, 3.05) is 27.9 Å². The lowest BCUT2D eigenvalue weighted by Crippen LogP contribution is -2.72. The number of likely N-dealkylation sites (N-methyl/N-ethyl adjacent to an activating group) is 1. The lowest BCUT2D eigenvalue weighted by atomic mass is 9.69. The largest absolute Gasteiger partial charge is 0.504 e. The number of carbonyl (C=O) groups excluding carboxylic acids is 4. The van der Waals surface area contributed by atoms with Gasteiger partial charge in [-0.3, -0.25) is 24.4 Å². The van der Waals surface area contributed by atoms with Crippen molar-refractivity contribution in [3.05, 3.63) is 92.9 Å². The molecule has 5 atom stereocenters. The lowest BCUT2D eigenvalue weighted by Gasteiger charge is -2.60. The first kappa shape index (κ1) is 36.5. The Balaban J connectivity index is 1.43. The molecule has 3 aromatic rings. The summed E-state index contributed by atoms with van der Waals surface area (Å²) in [6.45, 7) is 6.23. The van der Waals surface area contributed by atoms with Crippen LogP contribution in [-0.2, 0) is 30.3 Å². The molecule has 3 aliphatic heterocycles. The highest BCUT2D eigenvalue weighted by Gasteiger charge is 2.59. The van der Waals surface area contributed by atoms with Crippen molar-refractivity contribution in [3.8, 4) is 23.3 Å². The van der Waals surface area contributed by atoms with Gasteiger partial charge in [0.1, 0.15) is 18.4 Å². The number of rotatable bonds is 7. The fraction of sp³-hybridized carbons (Fsp3) is 0.366. The number of para-hydroxylation sites is 1. The average Bonchev–Trinajstić information content (AvgIpc) is 3.17. The van der Waals surface area contributed by atoms with Gasteiger partial charge < -0.3 is 24.1 Å². The normalized spacial score (nSPS) is 24.0. The minimum atomic E-state index is -0.972. The Bertz CT molecular complexity index is 2300. The van der Waals surface area contributed by atoms with Gasteiger partial charge in [0.05, 0.1) is 43.5 Å². The minimum Gasteiger partial charge on any atom is -0.504 e. The molecule has 4 heterocycles. The second-order valence-electron chi connectivity index (χ2n) is 14.0. The standard InChI is InChI=1S/C41H40N4O9/c1-8-19(2)40(49)53-18-30-31-25(37(21(4)39(52-7)35(31)47)54-41(50)23-13-22-11-9-10-12-26(22)43-17-23)15-28-33-32-24(34(46)20(3)38(51-6)36(32)48)14-27(44(33)5)29(16-42)45(28)30/h8-13,17,27-30,33,47H,14-15,18H2,1-7H3/b19-8-/t27-,28+,29+,30+,33+/m1/s1. The molecule has 2 aromatic carbocycles. The number of hydrogen-bond acceptors (Lipinski definition) is 13. The van der Waals surface area contributed by atoms with Crippen LogP contribution in [0.15, 0.2) is 70.7 Å².